The molecule has 1 aliphatic rings. The first-order chi connectivity index (χ1) is 13.3. The maximum atomic E-state index is 11.2. The van der Waals surface area contributed by atoms with Gasteiger partial charge in [-0.25, -0.2) is 0 Å². The Balaban J connectivity index is 1.89. The fourth-order valence-electron chi connectivity index (χ4n) is 3.92. The molecule has 28 heavy (non-hydrogen) atoms. The number of fused-ring (bicyclic) bond motifs is 1. The van der Waals surface area contributed by atoms with Crippen LogP contribution in [0.1, 0.15) is 41.2 Å². The third-order valence-electron chi connectivity index (χ3n) is 5.84. The lowest BCUT2D eigenvalue weighted by Crippen LogP contribution is -2.39. The monoisotopic (exact) mass is 383 g/mol. The highest BCUT2D eigenvalue weighted by molar-refractivity contribution is 5.73. The van der Waals surface area contributed by atoms with Gasteiger partial charge in [0, 0.05) is 11.5 Å². The number of carbonyl (C=O) groups is 1. The second-order valence-corrected chi connectivity index (χ2v) is 7.75. The molecule has 2 aromatic carbocycles. The zero-order chi connectivity index (χ0) is 20.4. The van der Waals surface area contributed by atoms with Crippen LogP contribution >= 0.6 is 0 Å². The van der Waals surface area contributed by atoms with E-state index in [-0.39, 0.29) is 12.0 Å². The van der Waals surface area contributed by atoms with Crippen molar-refractivity contribution < 1.29 is 19.4 Å². The molecular formula is C23H29NO4. The molecule has 0 saturated heterocycles. The molecule has 3 rings (SSSR count). The molecule has 1 heterocycles. The Morgan fingerprint density at radius 1 is 1.21 bits per heavy atom. The fourth-order valence-corrected chi connectivity index (χ4v) is 3.92. The summed E-state index contributed by atoms with van der Waals surface area (Å²) in [6.45, 7) is 8.67. The van der Waals surface area contributed by atoms with Gasteiger partial charge in [0.2, 0.25) is 0 Å². The Morgan fingerprint density at radius 3 is 2.54 bits per heavy atom. The second kappa shape index (κ2) is 8.23. The van der Waals surface area contributed by atoms with E-state index >= 15 is 0 Å². The molecule has 3 atom stereocenters. The molecule has 0 aliphatic carbocycles. The van der Waals surface area contributed by atoms with E-state index in [1.165, 1.54) is 0 Å². The van der Waals surface area contributed by atoms with Crippen LogP contribution in [-0.4, -0.2) is 23.2 Å². The van der Waals surface area contributed by atoms with Gasteiger partial charge in [-0.3, -0.25) is 4.79 Å². The van der Waals surface area contributed by atoms with Crippen molar-refractivity contribution in [3.05, 3.63) is 58.1 Å². The summed E-state index contributed by atoms with van der Waals surface area (Å²) in [5.41, 5.74) is 11.2. The molecule has 0 radical (unpaired) electrons. The zero-order valence-corrected chi connectivity index (χ0v) is 17.0. The number of benzene rings is 2. The predicted molar refractivity (Wildman–Crippen MR) is 109 cm³/mol. The molecule has 3 N–H and O–H groups in total. The van der Waals surface area contributed by atoms with Crippen molar-refractivity contribution in [2.75, 3.05) is 0 Å². The van der Waals surface area contributed by atoms with Crippen molar-refractivity contribution in [3.63, 3.8) is 0 Å². The van der Waals surface area contributed by atoms with Gasteiger partial charge in [0.1, 0.15) is 24.1 Å². The molecule has 0 saturated carbocycles. The van der Waals surface area contributed by atoms with Crippen molar-refractivity contribution in [2.45, 2.75) is 59.3 Å². The Bertz CT molecular complexity index is 863. The smallest absolute Gasteiger partial charge is 0.320 e. The minimum Gasteiger partial charge on any atom is -0.490 e. The Kier molecular flexibility index (Phi) is 5.94. The highest BCUT2D eigenvalue weighted by atomic mass is 16.5. The van der Waals surface area contributed by atoms with E-state index in [0.29, 0.717) is 13.0 Å². The van der Waals surface area contributed by atoms with Gasteiger partial charge in [-0.1, -0.05) is 30.3 Å². The van der Waals surface area contributed by atoms with Crippen molar-refractivity contribution in [3.8, 4) is 11.5 Å². The van der Waals surface area contributed by atoms with E-state index in [1.54, 1.807) is 0 Å². The average Bonchev–Trinajstić information content (AvgIpc) is 2.68. The van der Waals surface area contributed by atoms with Crippen LogP contribution in [-0.2, 0) is 17.8 Å². The third kappa shape index (κ3) is 3.99. The van der Waals surface area contributed by atoms with Crippen LogP contribution in [0, 0.1) is 26.7 Å². The van der Waals surface area contributed by atoms with Crippen molar-refractivity contribution in [1.82, 2.24) is 0 Å². The fraction of sp³-hybridized carbons (Fsp3) is 0.435. The van der Waals surface area contributed by atoms with Crippen molar-refractivity contribution >= 4 is 5.97 Å². The summed E-state index contributed by atoms with van der Waals surface area (Å²) in [4.78, 5) is 11.2. The maximum Gasteiger partial charge on any atom is 0.320 e. The first-order valence-corrected chi connectivity index (χ1v) is 9.74. The number of nitrogens with two attached hydrogens (primary N) is 1. The molecular weight excluding hydrogens is 354 g/mol. The highest BCUT2D eigenvalue weighted by Crippen LogP contribution is 2.43. The minimum absolute atomic E-state index is 0.0568. The van der Waals surface area contributed by atoms with Crippen LogP contribution in [0.5, 0.6) is 11.5 Å². The summed E-state index contributed by atoms with van der Waals surface area (Å²) in [6.07, 6.45) is 1.06. The van der Waals surface area contributed by atoms with E-state index in [2.05, 4.69) is 20.8 Å². The van der Waals surface area contributed by atoms with Crippen molar-refractivity contribution in [2.24, 2.45) is 11.7 Å². The standard InChI is InChI=1S/C23H29NO4/c1-13-14(2)22-19(10-18(16(4)28-22)11-20(24)23(25)26)15(3)21(13)27-12-17-8-6-5-7-9-17/h5-9,16,18,20H,10-12,24H2,1-4H3,(H,25,26)/t16?,18?,20-/m0/s1. The molecule has 0 fully saturated rings. The van der Waals surface area contributed by atoms with E-state index < -0.39 is 12.0 Å². The second-order valence-electron chi connectivity index (χ2n) is 7.75. The first kappa shape index (κ1) is 20.2. The summed E-state index contributed by atoms with van der Waals surface area (Å²) < 4.78 is 12.4. The summed E-state index contributed by atoms with van der Waals surface area (Å²) >= 11 is 0. The number of ether oxygens (including phenoxy) is 2. The lowest BCUT2D eigenvalue weighted by Gasteiger charge is -2.35. The van der Waals surface area contributed by atoms with Gasteiger partial charge in [-0.15, -0.1) is 0 Å². The number of carboxylic acids is 1. The summed E-state index contributed by atoms with van der Waals surface area (Å²) in [5.74, 6) is 0.886. The molecule has 0 amide bonds. The third-order valence-corrected chi connectivity index (χ3v) is 5.84. The van der Waals surface area contributed by atoms with E-state index in [9.17, 15) is 4.79 Å². The maximum absolute atomic E-state index is 11.2. The van der Waals surface area contributed by atoms with Crippen LogP contribution in [0.4, 0.5) is 0 Å². The van der Waals surface area contributed by atoms with Gasteiger partial charge in [-0.05, 0) is 62.8 Å². The highest BCUT2D eigenvalue weighted by Gasteiger charge is 2.33. The van der Waals surface area contributed by atoms with Gasteiger partial charge < -0.3 is 20.3 Å². The number of aliphatic carboxylic acids is 1. The molecule has 5 nitrogen and oxygen atoms in total. The molecule has 1 aliphatic heterocycles. The summed E-state index contributed by atoms with van der Waals surface area (Å²) in [5, 5.41) is 9.17. The Morgan fingerprint density at radius 2 is 1.89 bits per heavy atom. The van der Waals surface area contributed by atoms with Crippen LogP contribution < -0.4 is 15.2 Å². The van der Waals surface area contributed by atoms with E-state index in [0.717, 1.165) is 45.7 Å². The quantitative estimate of drug-likeness (QED) is 0.790. The first-order valence-electron chi connectivity index (χ1n) is 9.74. The largest absolute Gasteiger partial charge is 0.490 e. The predicted octanol–water partition coefficient (Wildman–Crippen LogP) is 3.93. The molecule has 0 bridgehead atoms. The van der Waals surface area contributed by atoms with E-state index in [4.69, 9.17) is 20.3 Å². The number of hydrogen-bond acceptors (Lipinski definition) is 4. The van der Waals surface area contributed by atoms with E-state index in [1.807, 2.05) is 37.3 Å². The summed E-state index contributed by atoms with van der Waals surface area (Å²) in [6, 6.07) is 9.21. The molecule has 2 aromatic rings. The number of hydrogen-bond donors (Lipinski definition) is 2. The molecule has 0 spiro atoms. The zero-order valence-electron chi connectivity index (χ0n) is 17.0. The van der Waals surface area contributed by atoms with Gasteiger partial charge in [0.25, 0.3) is 0 Å². The molecule has 5 heteroatoms. The van der Waals surface area contributed by atoms with Gasteiger partial charge in [0.05, 0.1) is 6.10 Å². The number of carboxylic acid groups (broad SMARTS) is 1. The van der Waals surface area contributed by atoms with Crippen LogP contribution in [0.2, 0.25) is 0 Å². The van der Waals surface area contributed by atoms with Gasteiger partial charge >= 0.3 is 5.97 Å². The van der Waals surface area contributed by atoms with Crippen LogP contribution in [0.15, 0.2) is 30.3 Å². The van der Waals surface area contributed by atoms with Crippen LogP contribution in [0.25, 0.3) is 0 Å². The minimum atomic E-state index is -0.971. The lowest BCUT2D eigenvalue weighted by molar-refractivity contribution is -0.139. The van der Waals surface area contributed by atoms with Crippen LogP contribution in [0.3, 0.4) is 0 Å². The normalized spacial score (nSPS) is 19.5. The molecule has 2 unspecified atom stereocenters. The SMILES string of the molecule is Cc1c(C)c2c(c(C)c1OCc1ccccc1)CC(C[C@H](N)C(=O)O)C(C)O2. The average molecular weight is 383 g/mol. The number of rotatable bonds is 6. The lowest BCUT2D eigenvalue weighted by atomic mass is 9.83. The van der Waals surface area contributed by atoms with Gasteiger partial charge in [-0.2, -0.15) is 0 Å². The van der Waals surface area contributed by atoms with Gasteiger partial charge in [0.15, 0.2) is 0 Å². The Hall–Kier alpha value is -2.53. The van der Waals surface area contributed by atoms with Crippen molar-refractivity contribution in [1.29, 1.82) is 0 Å². The molecule has 0 aromatic heterocycles. The molecule has 150 valence electrons. The topological polar surface area (TPSA) is 81.8 Å². The Labute approximate surface area is 166 Å². The summed E-state index contributed by atoms with van der Waals surface area (Å²) in [7, 11) is 0.